The molecule has 1 saturated carbocycles. The zero-order valence-electron chi connectivity index (χ0n) is 11.4. The summed E-state index contributed by atoms with van der Waals surface area (Å²) in [5.74, 6) is 1.59. The number of aromatic nitrogens is 2. The van der Waals surface area contributed by atoms with Crippen molar-refractivity contribution in [1.29, 1.82) is 0 Å². The number of hydrogen-bond acceptors (Lipinski definition) is 3. The normalized spacial score (nSPS) is 17.0. The molecule has 1 fully saturated rings. The van der Waals surface area contributed by atoms with Crippen molar-refractivity contribution < 1.29 is 0 Å². The Bertz CT molecular complexity index is 645. The lowest BCUT2D eigenvalue weighted by molar-refractivity contribution is 0.242. The SMILES string of the molecule is C[C@@H](c1nc2ccccc2c(=O)[nH]1)N(C)CC1CC1. The molecule has 2 aromatic rings. The average molecular weight is 257 g/mol. The minimum Gasteiger partial charge on any atom is -0.309 e. The second-order valence-electron chi connectivity index (χ2n) is 5.53. The Morgan fingerprint density at radius 1 is 1.42 bits per heavy atom. The van der Waals surface area contributed by atoms with Crippen molar-refractivity contribution in [3.05, 3.63) is 40.4 Å². The first-order valence-electron chi connectivity index (χ1n) is 6.84. The van der Waals surface area contributed by atoms with Crippen LogP contribution < -0.4 is 5.56 Å². The highest BCUT2D eigenvalue weighted by molar-refractivity contribution is 5.77. The first-order valence-corrected chi connectivity index (χ1v) is 6.84. The molecule has 0 radical (unpaired) electrons. The largest absolute Gasteiger partial charge is 0.309 e. The third-order valence-electron chi connectivity index (χ3n) is 3.93. The number of benzene rings is 1. The molecule has 4 nitrogen and oxygen atoms in total. The summed E-state index contributed by atoms with van der Waals surface area (Å²) in [6.45, 7) is 3.17. The Morgan fingerprint density at radius 2 is 2.16 bits per heavy atom. The van der Waals surface area contributed by atoms with Gasteiger partial charge in [0.1, 0.15) is 5.82 Å². The van der Waals surface area contributed by atoms with Crippen molar-refractivity contribution in [2.45, 2.75) is 25.8 Å². The first kappa shape index (κ1) is 12.4. The fraction of sp³-hybridized carbons (Fsp3) is 0.467. The van der Waals surface area contributed by atoms with Crippen LogP contribution in [0.4, 0.5) is 0 Å². The van der Waals surface area contributed by atoms with E-state index < -0.39 is 0 Å². The molecule has 1 aliphatic rings. The Balaban J connectivity index is 1.93. The lowest BCUT2D eigenvalue weighted by Gasteiger charge is -2.23. The number of aromatic amines is 1. The van der Waals surface area contributed by atoms with Gasteiger partial charge in [0.05, 0.1) is 16.9 Å². The van der Waals surface area contributed by atoms with Gasteiger partial charge >= 0.3 is 0 Å². The van der Waals surface area contributed by atoms with Crippen LogP contribution in [0.2, 0.25) is 0 Å². The highest BCUT2D eigenvalue weighted by Gasteiger charge is 2.25. The van der Waals surface area contributed by atoms with E-state index in [-0.39, 0.29) is 11.6 Å². The van der Waals surface area contributed by atoms with E-state index in [0.29, 0.717) is 5.39 Å². The highest BCUT2D eigenvalue weighted by Crippen LogP contribution is 2.31. The van der Waals surface area contributed by atoms with Crippen LogP contribution in [0.1, 0.15) is 31.6 Å². The minimum atomic E-state index is -0.0488. The zero-order chi connectivity index (χ0) is 13.4. The number of nitrogens with one attached hydrogen (secondary N) is 1. The molecular weight excluding hydrogens is 238 g/mol. The van der Waals surface area contributed by atoms with Crippen LogP contribution in [0.25, 0.3) is 10.9 Å². The summed E-state index contributed by atoms with van der Waals surface area (Å²) >= 11 is 0. The Morgan fingerprint density at radius 3 is 2.89 bits per heavy atom. The van der Waals surface area contributed by atoms with Crippen LogP contribution >= 0.6 is 0 Å². The molecule has 1 aromatic heterocycles. The highest BCUT2D eigenvalue weighted by atomic mass is 16.1. The molecule has 1 aromatic carbocycles. The number of rotatable bonds is 4. The summed E-state index contributed by atoms with van der Waals surface area (Å²) in [5, 5.41) is 0.656. The van der Waals surface area contributed by atoms with E-state index in [9.17, 15) is 4.79 Å². The van der Waals surface area contributed by atoms with E-state index >= 15 is 0 Å². The third kappa shape index (κ3) is 2.54. The van der Waals surface area contributed by atoms with Gasteiger partial charge in [-0.1, -0.05) is 12.1 Å². The van der Waals surface area contributed by atoms with Gasteiger partial charge in [-0.2, -0.15) is 0 Å². The monoisotopic (exact) mass is 257 g/mol. The van der Waals surface area contributed by atoms with Gasteiger partial charge in [-0.3, -0.25) is 9.69 Å². The predicted octanol–water partition coefficient (Wildman–Crippen LogP) is 2.33. The predicted molar refractivity (Wildman–Crippen MR) is 76.1 cm³/mol. The molecule has 19 heavy (non-hydrogen) atoms. The summed E-state index contributed by atoms with van der Waals surface area (Å²) in [6, 6.07) is 7.61. The molecule has 4 heteroatoms. The van der Waals surface area contributed by atoms with E-state index in [1.807, 2.05) is 24.3 Å². The van der Waals surface area contributed by atoms with Crippen LogP contribution in [-0.2, 0) is 0 Å². The summed E-state index contributed by atoms with van der Waals surface area (Å²) in [5.41, 5.74) is 0.722. The van der Waals surface area contributed by atoms with Gasteiger partial charge in [-0.15, -0.1) is 0 Å². The van der Waals surface area contributed by atoms with Gasteiger partial charge in [0, 0.05) is 6.54 Å². The summed E-state index contributed by atoms with van der Waals surface area (Å²) in [6.07, 6.45) is 2.66. The standard InChI is InChI=1S/C15H19N3O/c1-10(18(2)9-11-7-8-11)14-16-13-6-4-3-5-12(13)15(19)17-14/h3-6,10-11H,7-9H2,1-2H3,(H,16,17,19)/t10-/m0/s1. The maximum atomic E-state index is 12.0. The van der Waals surface area contributed by atoms with Gasteiger partial charge < -0.3 is 4.98 Å². The van der Waals surface area contributed by atoms with Gasteiger partial charge in [0.15, 0.2) is 0 Å². The number of H-pyrrole nitrogens is 1. The van der Waals surface area contributed by atoms with Crippen molar-refractivity contribution in [2.24, 2.45) is 5.92 Å². The quantitative estimate of drug-likeness (QED) is 0.914. The van der Waals surface area contributed by atoms with Gasteiger partial charge in [0.2, 0.25) is 0 Å². The van der Waals surface area contributed by atoms with Crippen LogP contribution in [0, 0.1) is 5.92 Å². The zero-order valence-corrected chi connectivity index (χ0v) is 11.4. The number of nitrogens with zero attached hydrogens (tertiary/aromatic N) is 2. The van der Waals surface area contributed by atoms with Gasteiger partial charge in [-0.25, -0.2) is 4.98 Å². The summed E-state index contributed by atoms with van der Waals surface area (Å²) in [4.78, 5) is 21.8. The van der Waals surface area contributed by atoms with Crippen molar-refractivity contribution in [3.63, 3.8) is 0 Å². The molecule has 0 saturated heterocycles. The molecule has 100 valence electrons. The maximum absolute atomic E-state index is 12.0. The summed E-state index contributed by atoms with van der Waals surface area (Å²) in [7, 11) is 2.10. The lowest BCUT2D eigenvalue weighted by atomic mass is 10.2. The van der Waals surface area contributed by atoms with Gasteiger partial charge in [0.25, 0.3) is 5.56 Å². The first-order chi connectivity index (χ1) is 9.15. The molecule has 0 bridgehead atoms. The fourth-order valence-corrected chi connectivity index (χ4v) is 2.38. The van der Waals surface area contributed by atoms with E-state index in [2.05, 4.69) is 28.8 Å². The van der Waals surface area contributed by atoms with Crippen LogP contribution in [-0.4, -0.2) is 28.5 Å². The van der Waals surface area contributed by atoms with Crippen molar-refractivity contribution in [1.82, 2.24) is 14.9 Å². The summed E-state index contributed by atoms with van der Waals surface area (Å²) < 4.78 is 0. The molecule has 0 spiro atoms. The Hall–Kier alpha value is -1.68. The van der Waals surface area contributed by atoms with Crippen LogP contribution in [0.15, 0.2) is 29.1 Å². The fourth-order valence-electron chi connectivity index (χ4n) is 2.38. The molecule has 1 atom stereocenters. The number of fused-ring (bicyclic) bond motifs is 1. The molecule has 1 N–H and O–H groups in total. The molecule has 0 amide bonds. The minimum absolute atomic E-state index is 0.0488. The average Bonchev–Trinajstić information content (AvgIpc) is 3.21. The molecule has 0 unspecified atom stereocenters. The maximum Gasteiger partial charge on any atom is 0.258 e. The lowest BCUT2D eigenvalue weighted by Crippen LogP contribution is -2.28. The molecule has 1 aliphatic carbocycles. The second-order valence-corrected chi connectivity index (χ2v) is 5.53. The third-order valence-corrected chi connectivity index (χ3v) is 3.93. The molecule has 3 rings (SSSR count). The number of hydrogen-bond donors (Lipinski definition) is 1. The van der Waals surface area contributed by atoms with Gasteiger partial charge in [-0.05, 0) is 44.9 Å². The van der Waals surface area contributed by atoms with Crippen molar-refractivity contribution >= 4 is 10.9 Å². The second kappa shape index (κ2) is 4.78. The topological polar surface area (TPSA) is 49.0 Å². The Kier molecular flexibility index (Phi) is 3.11. The smallest absolute Gasteiger partial charge is 0.258 e. The van der Waals surface area contributed by atoms with E-state index in [4.69, 9.17) is 0 Å². The molecular formula is C15H19N3O. The Labute approximate surface area is 112 Å². The van der Waals surface area contributed by atoms with Crippen molar-refractivity contribution in [3.8, 4) is 0 Å². The van der Waals surface area contributed by atoms with Crippen LogP contribution in [0.3, 0.4) is 0 Å². The molecule has 0 aliphatic heterocycles. The van der Waals surface area contributed by atoms with E-state index in [0.717, 1.165) is 23.8 Å². The van der Waals surface area contributed by atoms with Crippen LogP contribution in [0.5, 0.6) is 0 Å². The number of para-hydroxylation sites is 1. The van der Waals surface area contributed by atoms with E-state index in [1.165, 1.54) is 12.8 Å². The molecule has 1 heterocycles. The van der Waals surface area contributed by atoms with E-state index in [1.54, 1.807) is 0 Å². The van der Waals surface area contributed by atoms with Crippen molar-refractivity contribution in [2.75, 3.05) is 13.6 Å².